The Morgan fingerprint density at radius 1 is 0.800 bits per heavy atom. The third-order valence-electron chi connectivity index (χ3n) is 2.28. The van der Waals surface area contributed by atoms with Gasteiger partial charge < -0.3 is 0 Å². The van der Waals surface area contributed by atoms with Crippen molar-refractivity contribution in [3.63, 3.8) is 0 Å². The molecule has 2 aromatic rings. The zero-order chi connectivity index (χ0) is 10.7. The lowest BCUT2D eigenvalue weighted by Gasteiger charge is -2.10. The summed E-state index contributed by atoms with van der Waals surface area (Å²) in [7, 11) is 0. The number of alkyl halides is 1. The van der Waals surface area contributed by atoms with Crippen LogP contribution in [0.25, 0.3) is 0 Å². The second kappa shape index (κ2) is 4.86. The highest BCUT2D eigenvalue weighted by Crippen LogP contribution is 2.30. The lowest BCUT2D eigenvalue weighted by Crippen LogP contribution is -1.91. The molecule has 2 rings (SSSR count). The lowest BCUT2D eigenvalue weighted by atomic mass is 10.1. The highest BCUT2D eigenvalue weighted by molar-refractivity contribution is 9.09. The van der Waals surface area contributed by atoms with Gasteiger partial charge in [-0.1, -0.05) is 58.4 Å². The monoisotopic (exact) mass is 278 g/mol. The minimum Gasteiger partial charge on any atom is -0.143 e. The van der Waals surface area contributed by atoms with E-state index in [-0.39, 0.29) is 4.83 Å². The normalized spacial score (nSPS) is 12.4. The van der Waals surface area contributed by atoms with Gasteiger partial charge >= 0.3 is 0 Å². The number of rotatable bonds is 2. The number of hydrogen-bond donors (Lipinski definition) is 1. The maximum Gasteiger partial charge on any atom is 0.0644 e. The first-order chi connectivity index (χ1) is 7.27. The van der Waals surface area contributed by atoms with Crippen molar-refractivity contribution in [1.29, 1.82) is 0 Å². The van der Waals surface area contributed by atoms with Crippen molar-refractivity contribution < 1.29 is 0 Å². The Morgan fingerprint density at radius 2 is 1.33 bits per heavy atom. The van der Waals surface area contributed by atoms with Gasteiger partial charge in [-0.25, -0.2) is 0 Å². The van der Waals surface area contributed by atoms with Crippen LogP contribution in [0.2, 0.25) is 0 Å². The molecule has 0 bridgehead atoms. The number of thiol groups is 1. The average molecular weight is 279 g/mol. The van der Waals surface area contributed by atoms with Gasteiger partial charge in [-0.05, 0) is 23.3 Å². The molecule has 0 spiro atoms. The summed E-state index contributed by atoms with van der Waals surface area (Å²) in [6.45, 7) is 0. The van der Waals surface area contributed by atoms with Crippen LogP contribution in [0.1, 0.15) is 16.0 Å². The Kier molecular flexibility index (Phi) is 3.49. The van der Waals surface area contributed by atoms with Crippen LogP contribution >= 0.6 is 28.6 Å². The van der Waals surface area contributed by atoms with E-state index in [1.807, 2.05) is 18.2 Å². The molecule has 0 amide bonds. The zero-order valence-corrected chi connectivity index (χ0v) is 10.6. The van der Waals surface area contributed by atoms with Crippen molar-refractivity contribution in [1.82, 2.24) is 0 Å². The standard InChI is InChI=1S/C13H11BrS/c14-13(10-4-2-1-3-5-10)11-6-8-12(15)9-7-11/h1-9,13,15H. The second-order valence-electron chi connectivity index (χ2n) is 3.36. The van der Waals surface area contributed by atoms with Gasteiger partial charge in [0.25, 0.3) is 0 Å². The predicted molar refractivity (Wildman–Crippen MR) is 70.9 cm³/mol. The van der Waals surface area contributed by atoms with Gasteiger partial charge in [0, 0.05) is 4.90 Å². The highest BCUT2D eigenvalue weighted by atomic mass is 79.9. The van der Waals surface area contributed by atoms with Crippen LogP contribution in [0.5, 0.6) is 0 Å². The summed E-state index contributed by atoms with van der Waals surface area (Å²) in [5.41, 5.74) is 2.52. The molecule has 0 aliphatic carbocycles. The molecule has 0 fully saturated rings. The first-order valence-electron chi connectivity index (χ1n) is 4.75. The molecule has 0 aromatic heterocycles. The molecule has 2 heteroatoms. The summed E-state index contributed by atoms with van der Waals surface area (Å²) < 4.78 is 0. The van der Waals surface area contributed by atoms with Crippen LogP contribution in [0, 0.1) is 0 Å². The fourth-order valence-electron chi connectivity index (χ4n) is 1.46. The van der Waals surface area contributed by atoms with E-state index in [9.17, 15) is 0 Å². The minimum atomic E-state index is 0.257. The fraction of sp³-hybridized carbons (Fsp3) is 0.0769. The zero-order valence-electron chi connectivity index (χ0n) is 8.10. The van der Waals surface area contributed by atoms with Gasteiger partial charge in [-0.3, -0.25) is 0 Å². The topological polar surface area (TPSA) is 0 Å². The molecular formula is C13H11BrS. The van der Waals surface area contributed by atoms with Crippen LogP contribution in [-0.2, 0) is 0 Å². The molecular weight excluding hydrogens is 268 g/mol. The van der Waals surface area contributed by atoms with E-state index >= 15 is 0 Å². The largest absolute Gasteiger partial charge is 0.143 e. The average Bonchev–Trinajstić information content (AvgIpc) is 2.30. The highest BCUT2D eigenvalue weighted by Gasteiger charge is 2.08. The van der Waals surface area contributed by atoms with Crippen LogP contribution < -0.4 is 0 Å². The van der Waals surface area contributed by atoms with Crippen molar-refractivity contribution in [3.8, 4) is 0 Å². The Balaban J connectivity index is 2.29. The summed E-state index contributed by atoms with van der Waals surface area (Å²) in [6, 6.07) is 18.6. The summed E-state index contributed by atoms with van der Waals surface area (Å²) in [5, 5.41) is 0. The van der Waals surface area contributed by atoms with Crippen LogP contribution in [0.3, 0.4) is 0 Å². The van der Waals surface area contributed by atoms with Gasteiger partial charge in [0.1, 0.15) is 0 Å². The Bertz CT molecular complexity index is 422. The van der Waals surface area contributed by atoms with Crippen molar-refractivity contribution in [2.45, 2.75) is 9.72 Å². The van der Waals surface area contributed by atoms with Gasteiger partial charge in [-0.2, -0.15) is 0 Å². The van der Waals surface area contributed by atoms with Crippen molar-refractivity contribution in [3.05, 3.63) is 65.7 Å². The second-order valence-corrected chi connectivity index (χ2v) is 4.80. The SMILES string of the molecule is Sc1ccc(C(Br)c2ccccc2)cc1. The van der Waals surface area contributed by atoms with Crippen LogP contribution in [0.4, 0.5) is 0 Å². The molecule has 1 unspecified atom stereocenters. The van der Waals surface area contributed by atoms with Gasteiger partial charge in [0.2, 0.25) is 0 Å². The Morgan fingerprint density at radius 3 is 1.93 bits per heavy atom. The predicted octanol–water partition coefficient (Wildman–Crippen LogP) is 4.46. The van der Waals surface area contributed by atoms with Gasteiger partial charge in [0.15, 0.2) is 0 Å². The van der Waals surface area contributed by atoms with E-state index in [1.54, 1.807) is 0 Å². The Hall–Kier alpha value is -0.730. The molecule has 0 N–H and O–H groups in total. The molecule has 2 aromatic carbocycles. The smallest absolute Gasteiger partial charge is 0.0644 e. The molecule has 0 aliphatic rings. The van der Waals surface area contributed by atoms with Gasteiger partial charge in [0.05, 0.1) is 4.83 Å². The molecule has 0 saturated heterocycles. The molecule has 0 aliphatic heterocycles. The maximum atomic E-state index is 4.27. The van der Waals surface area contributed by atoms with Crippen molar-refractivity contribution in [2.75, 3.05) is 0 Å². The maximum absolute atomic E-state index is 4.27. The van der Waals surface area contributed by atoms with Crippen LogP contribution in [0.15, 0.2) is 59.5 Å². The molecule has 0 heterocycles. The lowest BCUT2D eigenvalue weighted by molar-refractivity contribution is 1.17. The van der Waals surface area contributed by atoms with Crippen LogP contribution in [-0.4, -0.2) is 0 Å². The molecule has 0 nitrogen and oxygen atoms in total. The van der Waals surface area contributed by atoms with E-state index in [4.69, 9.17) is 0 Å². The first kappa shape index (κ1) is 10.8. The van der Waals surface area contributed by atoms with E-state index in [1.165, 1.54) is 11.1 Å². The number of benzene rings is 2. The molecule has 0 radical (unpaired) electrons. The summed E-state index contributed by atoms with van der Waals surface area (Å²) in [5.74, 6) is 0. The summed E-state index contributed by atoms with van der Waals surface area (Å²) in [6.07, 6.45) is 0. The quantitative estimate of drug-likeness (QED) is 0.609. The molecule has 15 heavy (non-hydrogen) atoms. The summed E-state index contributed by atoms with van der Waals surface area (Å²) >= 11 is 7.97. The molecule has 1 atom stereocenters. The van der Waals surface area contributed by atoms with E-state index in [0.717, 1.165) is 4.90 Å². The molecule has 0 saturated carbocycles. The number of halogens is 1. The third kappa shape index (κ3) is 2.64. The first-order valence-corrected chi connectivity index (χ1v) is 6.11. The van der Waals surface area contributed by atoms with E-state index in [2.05, 4.69) is 65.0 Å². The Labute approximate surface area is 104 Å². The third-order valence-corrected chi connectivity index (χ3v) is 3.63. The van der Waals surface area contributed by atoms with E-state index in [0.29, 0.717) is 0 Å². The van der Waals surface area contributed by atoms with Crippen molar-refractivity contribution >= 4 is 28.6 Å². The molecule has 76 valence electrons. The summed E-state index contributed by atoms with van der Waals surface area (Å²) in [4.78, 5) is 1.25. The van der Waals surface area contributed by atoms with E-state index < -0.39 is 0 Å². The number of hydrogen-bond acceptors (Lipinski definition) is 1. The van der Waals surface area contributed by atoms with Gasteiger partial charge in [-0.15, -0.1) is 12.6 Å². The van der Waals surface area contributed by atoms with Crippen molar-refractivity contribution in [2.24, 2.45) is 0 Å². The minimum absolute atomic E-state index is 0.257. The fourth-order valence-corrected chi connectivity index (χ4v) is 2.22.